The molecule has 2 N–H and O–H groups in total. The van der Waals surface area contributed by atoms with Gasteiger partial charge in [0.05, 0.1) is 4.90 Å². The molecule has 7 nitrogen and oxygen atoms in total. The van der Waals surface area contributed by atoms with Gasteiger partial charge in [-0.05, 0) is 37.0 Å². The van der Waals surface area contributed by atoms with Gasteiger partial charge in [-0.3, -0.25) is 5.32 Å². The SMILES string of the molecule is Cc1ccc(S(=O)(=O)N/C(=N/[N+]23CCCC(CC2)C3)NC#N)cc1. The maximum atomic E-state index is 12.5. The fourth-order valence-corrected chi connectivity index (χ4v) is 4.54. The molecule has 2 bridgehead atoms. The number of guanidine groups is 1. The first kappa shape index (κ1) is 16.7. The van der Waals surface area contributed by atoms with Crippen molar-refractivity contribution in [2.24, 2.45) is 11.0 Å². The number of nitriles is 1. The molecule has 2 heterocycles. The topological polar surface area (TPSA) is 94.3 Å². The predicted molar refractivity (Wildman–Crippen MR) is 89.9 cm³/mol. The van der Waals surface area contributed by atoms with E-state index in [1.807, 2.05) is 6.92 Å². The van der Waals surface area contributed by atoms with Gasteiger partial charge in [0.15, 0.2) is 6.19 Å². The molecule has 2 saturated heterocycles. The highest BCUT2D eigenvalue weighted by Gasteiger charge is 2.43. The minimum absolute atomic E-state index is 0.000579. The molecule has 0 aliphatic carbocycles. The Morgan fingerprint density at radius 3 is 2.75 bits per heavy atom. The summed E-state index contributed by atoms with van der Waals surface area (Å²) in [7, 11) is -3.77. The van der Waals surface area contributed by atoms with Gasteiger partial charge in [0, 0.05) is 12.3 Å². The Morgan fingerprint density at radius 2 is 2.04 bits per heavy atom. The van der Waals surface area contributed by atoms with Crippen molar-refractivity contribution < 1.29 is 13.0 Å². The summed E-state index contributed by atoms with van der Waals surface area (Å²) >= 11 is 0. The Bertz CT molecular complexity index is 778. The number of fused-ring (bicyclic) bond motifs is 2. The number of rotatable bonds is 3. The van der Waals surface area contributed by atoms with E-state index in [4.69, 9.17) is 5.26 Å². The van der Waals surface area contributed by atoms with E-state index in [1.165, 1.54) is 6.42 Å². The summed E-state index contributed by atoms with van der Waals surface area (Å²) in [4.78, 5) is 0.151. The van der Waals surface area contributed by atoms with Gasteiger partial charge in [-0.15, -0.1) is 0 Å². The van der Waals surface area contributed by atoms with E-state index in [1.54, 1.807) is 30.5 Å². The summed E-state index contributed by atoms with van der Waals surface area (Å²) in [6.07, 6.45) is 5.18. The highest BCUT2D eigenvalue weighted by molar-refractivity contribution is 7.90. The van der Waals surface area contributed by atoms with Gasteiger partial charge in [-0.2, -0.15) is 9.85 Å². The van der Waals surface area contributed by atoms with Gasteiger partial charge in [0.2, 0.25) is 0 Å². The molecule has 2 aliphatic heterocycles. The Morgan fingerprint density at radius 1 is 1.29 bits per heavy atom. The first-order chi connectivity index (χ1) is 11.4. The number of nitrogens with zero attached hydrogens (tertiary/aromatic N) is 3. The molecule has 128 valence electrons. The molecule has 0 aromatic heterocycles. The Kier molecular flexibility index (Phi) is 4.47. The van der Waals surface area contributed by atoms with Crippen molar-refractivity contribution in [2.45, 2.75) is 31.1 Å². The van der Waals surface area contributed by atoms with Crippen LogP contribution in [0.25, 0.3) is 0 Å². The van der Waals surface area contributed by atoms with Crippen LogP contribution in [0.1, 0.15) is 24.8 Å². The number of piperidine rings is 1. The number of sulfonamides is 1. The lowest BCUT2D eigenvalue weighted by Crippen LogP contribution is -2.49. The average Bonchev–Trinajstić information content (AvgIpc) is 2.81. The largest absolute Gasteiger partial charge is 0.277 e. The smallest absolute Gasteiger partial charge is 0.258 e. The maximum absolute atomic E-state index is 12.5. The van der Waals surface area contributed by atoms with Crippen LogP contribution in [-0.4, -0.2) is 38.6 Å². The van der Waals surface area contributed by atoms with E-state index < -0.39 is 10.0 Å². The molecule has 2 fully saturated rings. The van der Waals surface area contributed by atoms with Crippen LogP contribution in [-0.2, 0) is 10.0 Å². The fraction of sp³-hybridized carbons (Fsp3) is 0.500. The molecule has 2 aliphatic rings. The zero-order chi connectivity index (χ0) is 17.2. The van der Waals surface area contributed by atoms with Crippen molar-refractivity contribution in [3.63, 3.8) is 0 Å². The van der Waals surface area contributed by atoms with Gasteiger partial charge in [-0.1, -0.05) is 17.7 Å². The Labute approximate surface area is 142 Å². The maximum Gasteiger partial charge on any atom is 0.277 e. The predicted octanol–water partition coefficient (Wildman–Crippen LogP) is 1.25. The van der Waals surface area contributed by atoms with Gasteiger partial charge in [-0.25, -0.2) is 13.1 Å². The first-order valence-corrected chi connectivity index (χ1v) is 9.62. The van der Waals surface area contributed by atoms with Gasteiger partial charge >= 0.3 is 0 Å². The van der Waals surface area contributed by atoms with Crippen LogP contribution in [0, 0.1) is 24.3 Å². The standard InChI is InChI=1S/C16H22N5O2S/c1-13-4-6-15(7-5-13)24(22,23)20-16(18-12-17)19-21-9-2-3-14(11-21)8-10-21/h4-7,14H,2-3,8-11H2,1H3,(H2,18,19,20)/q+1. The summed E-state index contributed by atoms with van der Waals surface area (Å²) in [6, 6.07) is 6.56. The van der Waals surface area contributed by atoms with Crippen molar-refractivity contribution in [3.8, 4) is 6.19 Å². The van der Waals surface area contributed by atoms with E-state index in [0.717, 1.165) is 38.0 Å². The number of benzene rings is 1. The van der Waals surface area contributed by atoms with Crippen molar-refractivity contribution >= 4 is 16.0 Å². The van der Waals surface area contributed by atoms with Gasteiger partial charge in [0.25, 0.3) is 16.0 Å². The normalized spacial score (nSPS) is 26.7. The molecule has 0 radical (unpaired) electrons. The van der Waals surface area contributed by atoms with Crippen LogP contribution >= 0.6 is 0 Å². The minimum Gasteiger partial charge on any atom is -0.258 e. The molecule has 1 aromatic rings. The zero-order valence-electron chi connectivity index (χ0n) is 13.7. The van der Waals surface area contributed by atoms with Gasteiger partial charge < -0.3 is 0 Å². The first-order valence-electron chi connectivity index (χ1n) is 8.13. The van der Waals surface area contributed by atoms with Crippen molar-refractivity contribution in [3.05, 3.63) is 29.8 Å². The minimum atomic E-state index is -3.77. The van der Waals surface area contributed by atoms with Crippen LogP contribution in [0.2, 0.25) is 0 Å². The molecule has 24 heavy (non-hydrogen) atoms. The van der Waals surface area contributed by atoms with Crippen LogP contribution in [0.5, 0.6) is 0 Å². The second-order valence-electron chi connectivity index (χ2n) is 6.63. The molecule has 0 spiro atoms. The molecule has 3 rings (SSSR count). The third kappa shape index (κ3) is 3.52. The Balaban J connectivity index is 1.85. The van der Waals surface area contributed by atoms with Crippen LogP contribution in [0.15, 0.2) is 34.3 Å². The summed E-state index contributed by atoms with van der Waals surface area (Å²) in [5.41, 5.74) is 0.979. The summed E-state index contributed by atoms with van der Waals surface area (Å²) in [5.74, 6) is 0.653. The monoisotopic (exact) mass is 348 g/mol. The number of quaternary nitrogens is 1. The fourth-order valence-electron chi connectivity index (χ4n) is 3.58. The van der Waals surface area contributed by atoms with Crippen LogP contribution in [0.4, 0.5) is 0 Å². The molecule has 0 saturated carbocycles. The lowest BCUT2D eigenvalue weighted by molar-refractivity contribution is -0.928. The van der Waals surface area contributed by atoms with Gasteiger partial charge in [0.1, 0.15) is 19.6 Å². The zero-order valence-corrected chi connectivity index (χ0v) is 14.5. The second-order valence-corrected chi connectivity index (χ2v) is 8.31. The summed E-state index contributed by atoms with van der Waals surface area (Å²) in [5, 5.41) is 15.9. The van der Waals surface area contributed by atoms with Crippen molar-refractivity contribution in [1.82, 2.24) is 10.0 Å². The van der Waals surface area contributed by atoms with Crippen molar-refractivity contribution in [2.75, 3.05) is 19.6 Å². The second kappa shape index (κ2) is 6.42. The molecule has 1 aromatic carbocycles. The molecular weight excluding hydrogens is 326 g/mol. The van der Waals surface area contributed by atoms with E-state index in [9.17, 15) is 8.42 Å². The third-order valence-corrected chi connectivity index (χ3v) is 6.14. The van der Waals surface area contributed by atoms with E-state index >= 15 is 0 Å². The lowest BCUT2D eigenvalue weighted by Gasteiger charge is -2.31. The quantitative estimate of drug-likeness (QED) is 0.283. The van der Waals surface area contributed by atoms with E-state index in [0.29, 0.717) is 10.5 Å². The molecular formula is C16H22N5O2S+. The van der Waals surface area contributed by atoms with E-state index in [2.05, 4.69) is 15.1 Å². The highest BCUT2D eigenvalue weighted by atomic mass is 32.2. The highest BCUT2D eigenvalue weighted by Crippen LogP contribution is 2.34. The molecule has 0 amide bonds. The summed E-state index contributed by atoms with van der Waals surface area (Å²) < 4.78 is 28.0. The average molecular weight is 348 g/mol. The van der Waals surface area contributed by atoms with Crippen molar-refractivity contribution in [1.29, 1.82) is 5.26 Å². The Hall–Kier alpha value is -2.11. The molecule has 2 atom stereocenters. The number of aryl methyl sites for hydroxylation is 1. The van der Waals surface area contributed by atoms with E-state index in [-0.39, 0.29) is 10.9 Å². The lowest BCUT2D eigenvalue weighted by atomic mass is 10.0. The molecule has 8 heteroatoms. The summed E-state index contributed by atoms with van der Waals surface area (Å²) in [6.45, 7) is 4.60. The number of hydrogen-bond donors (Lipinski definition) is 2. The third-order valence-electron chi connectivity index (χ3n) is 4.79. The van der Waals surface area contributed by atoms with Crippen LogP contribution < -0.4 is 10.0 Å². The van der Waals surface area contributed by atoms with Crippen LogP contribution in [0.3, 0.4) is 0 Å². The number of hydrogen-bond acceptors (Lipinski definition) is 4. The molecule has 2 unspecified atom stereocenters. The number of nitrogens with one attached hydrogen (secondary N) is 2.